The molecule has 1 aromatic carbocycles. The van der Waals surface area contributed by atoms with Gasteiger partial charge in [0.1, 0.15) is 5.82 Å². The number of ether oxygens (including phenoxy) is 1. The molecular weight excluding hydrogens is 396 g/mol. The van der Waals surface area contributed by atoms with E-state index in [4.69, 9.17) is 4.74 Å². The average Bonchev–Trinajstić information content (AvgIpc) is 2.46. The highest BCUT2D eigenvalue weighted by Gasteiger charge is 1.99. The first-order valence-electron chi connectivity index (χ1n) is 7.38. The van der Waals surface area contributed by atoms with Crippen LogP contribution >= 0.6 is 24.0 Å². The molecule has 0 aliphatic carbocycles. The van der Waals surface area contributed by atoms with Crippen molar-refractivity contribution in [3.05, 3.63) is 35.6 Å². The molecule has 0 fully saturated rings. The van der Waals surface area contributed by atoms with Crippen LogP contribution in [0.25, 0.3) is 0 Å². The second-order valence-corrected chi connectivity index (χ2v) is 5.27. The lowest BCUT2D eigenvalue weighted by Crippen LogP contribution is -2.39. The van der Waals surface area contributed by atoms with E-state index in [9.17, 15) is 4.39 Å². The Bertz CT molecular complexity index is 424. The van der Waals surface area contributed by atoms with Crippen LogP contribution < -0.4 is 10.6 Å². The van der Waals surface area contributed by atoms with E-state index in [-0.39, 0.29) is 29.8 Å². The van der Waals surface area contributed by atoms with Gasteiger partial charge in [-0.2, -0.15) is 0 Å². The summed E-state index contributed by atoms with van der Waals surface area (Å²) in [6.07, 6.45) is 0.824. The molecule has 1 aromatic rings. The molecule has 0 aliphatic rings. The number of rotatable bonds is 8. The predicted octanol–water partition coefficient (Wildman–Crippen LogP) is 2.82. The fraction of sp³-hybridized carbons (Fsp3) is 0.562. The average molecular weight is 423 g/mol. The van der Waals surface area contributed by atoms with Crippen molar-refractivity contribution in [1.82, 2.24) is 10.6 Å². The zero-order chi connectivity index (χ0) is 15.5. The lowest BCUT2D eigenvalue weighted by atomic mass is 10.1. The minimum atomic E-state index is -0.203. The molecule has 0 unspecified atom stereocenters. The highest BCUT2D eigenvalue weighted by Crippen LogP contribution is 2.02. The standard InChI is InChI=1S/C16H26FN3O.HI/c1-13(2)12-21-11-10-20-16(18-3)19-9-8-14-4-6-15(17)7-5-14;/h4-7,13H,8-12H2,1-3H3,(H2,18,19,20);1H. The van der Waals surface area contributed by atoms with Gasteiger partial charge in [0, 0.05) is 26.7 Å². The zero-order valence-corrected chi connectivity index (χ0v) is 15.9. The van der Waals surface area contributed by atoms with Gasteiger partial charge in [-0.15, -0.1) is 24.0 Å². The first-order valence-corrected chi connectivity index (χ1v) is 7.38. The molecule has 0 amide bonds. The van der Waals surface area contributed by atoms with Gasteiger partial charge in [-0.05, 0) is 30.0 Å². The lowest BCUT2D eigenvalue weighted by Gasteiger charge is -2.12. The maximum absolute atomic E-state index is 12.8. The normalized spacial score (nSPS) is 11.2. The van der Waals surface area contributed by atoms with Crippen LogP contribution in [-0.2, 0) is 11.2 Å². The van der Waals surface area contributed by atoms with E-state index >= 15 is 0 Å². The molecule has 2 N–H and O–H groups in total. The topological polar surface area (TPSA) is 45.7 Å². The fourth-order valence-electron chi connectivity index (χ4n) is 1.76. The van der Waals surface area contributed by atoms with E-state index in [0.29, 0.717) is 12.5 Å². The predicted molar refractivity (Wildman–Crippen MR) is 101 cm³/mol. The molecule has 4 nitrogen and oxygen atoms in total. The first kappa shape index (κ1) is 21.1. The number of hydrogen-bond acceptors (Lipinski definition) is 2. The molecule has 22 heavy (non-hydrogen) atoms. The van der Waals surface area contributed by atoms with Gasteiger partial charge in [-0.25, -0.2) is 4.39 Å². The van der Waals surface area contributed by atoms with E-state index < -0.39 is 0 Å². The van der Waals surface area contributed by atoms with Crippen LogP contribution in [0.2, 0.25) is 0 Å². The number of benzene rings is 1. The molecule has 6 heteroatoms. The Morgan fingerprint density at radius 2 is 1.82 bits per heavy atom. The minimum Gasteiger partial charge on any atom is -0.379 e. The fourth-order valence-corrected chi connectivity index (χ4v) is 1.76. The summed E-state index contributed by atoms with van der Waals surface area (Å²) in [5.74, 6) is 1.11. The van der Waals surface area contributed by atoms with Crippen molar-refractivity contribution < 1.29 is 9.13 Å². The van der Waals surface area contributed by atoms with Crippen molar-refractivity contribution in [2.75, 3.05) is 33.4 Å². The van der Waals surface area contributed by atoms with Gasteiger partial charge >= 0.3 is 0 Å². The molecule has 1 rings (SSSR count). The summed E-state index contributed by atoms with van der Waals surface area (Å²) in [6.45, 7) is 7.17. The van der Waals surface area contributed by atoms with Crippen molar-refractivity contribution in [3.63, 3.8) is 0 Å². The van der Waals surface area contributed by atoms with Gasteiger partial charge in [-0.3, -0.25) is 4.99 Å². The summed E-state index contributed by atoms with van der Waals surface area (Å²) in [6, 6.07) is 6.56. The Labute approximate surface area is 149 Å². The smallest absolute Gasteiger partial charge is 0.191 e. The number of nitrogens with one attached hydrogen (secondary N) is 2. The van der Waals surface area contributed by atoms with Crippen LogP contribution in [0.5, 0.6) is 0 Å². The zero-order valence-electron chi connectivity index (χ0n) is 13.6. The Balaban J connectivity index is 0.00000441. The van der Waals surface area contributed by atoms with Crippen molar-refractivity contribution in [3.8, 4) is 0 Å². The van der Waals surface area contributed by atoms with Crippen LogP contribution in [0.4, 0.5) is 4.39 Å². The third-order valence-corrected chi connectivity index (χ3v) is 2.83. The molecule has 0 saturated carbocycles. The molecule has 0 radical (unpaired) electrons. The summed E-state index contributed by atoms with van der Waals surface area (Å²) < 4.78 is 18.3. The number of hydrogen-bond donors (Lipinski definition) is 2. The van der Waals surface area contributed by atoms with Gasteiger partial charge in [0.05, 0.1) is 6.61 Å². The number of guanidine groups is 1. The van der Waals surface area contributed by atoms with Crippen LogP contribution in [0, 0.1) is 11.7 Å². The summed E-state index contributed by atoms with van der Waals surface area (Å²) in [7, 11) is 1.74. The van der Waals surface area contributed by atoms with E-state index in [2.05, 4.69) is 29.5 Å². The van der Waals surface area contributed by atoms with Crippen molar-refractivity contribution in [2.45, 2.75) is 20.3 Å². The second-order valence-electron chi connectivity index (χ2n) is 5.27. The number of halogens is 2. The third-order valence-electron chi connectivity index (χ3n) is 2.83. The van der Waals surface area contributed by atoms with E-state index in [1.807, 2.05) is 0 Å². The van der Waals surface area contributed by atoms with Gasteiger partial charge in [0.2, 0.25) is 0 Å². The van der Waals surface area contributed by atoms with E-state index in [0.717, 1.165) is 37.6 Å². The van der Waals surface area contributed by atoms with Gasteiger partial charge in [0.15, 0.2) is 5.96 Å². The van der Waals surface area contributed by atoms with Crippen LogP contribution in [-0.4, -0.2) is 39.3 Å². The van der Waals surface area contributed by atoms with Crippen LogP contribution in [0.15, 0.2) is 29.3 Å². The van der Waals surface area contributed by atoms with Crippen molar-refractivity contribution in [1.29, 1.82) is 0 Å². The van der Waals surface area contributed by atoms with Crippen LogP contribution in [0.3, 0.4) is 0 Å². The Kier molecular flexibility index (Phi) is 12.1. The van der Waals surface area contributed by atoms with Crippen molar-refractivity contribution in [2.24, 2.45) is 10.9 Å². The van der Waals surface area contributed by atoms with E-state index in [1.54, 1.807) is 19.2 Å². The third kappa shape index (κ3) is 9.94. The summed E-state index contributed by atoms with van der Waals surface area (Å²) in [5.41, 5.74) is 1.10. The molecule has 0 bridgehead atoms. The number of nitrogens with zero attached hydrogens (tertiary/aromatic N) is 1. The summed E-state index contributed by atoms with van der Waals surface area (Å²) in [5, 5.41) is 6.41. The molecule has 0 aliphatic heterocycles. The highest BCUT2D eigenvalue weighted by atomic mass is 127. The maximum Gasteiger partial charge on any atom is 0.191 e. The summed E-state index contributed by atoms with van der Waals surface area (Å²) in [4.78, 5) is 4.14. The Morgan fingerprint density at radius 1 is 1.18 bits per heavy atom. The molecule has 0 atom stereocenters. The lowest BCUT2D eigenvalue weighted by molar-refractivity contribution is 0.114. The first-order chi connectivity index (χ1) is 10.1. The quantitative estimate of drug-likeness (QED) is 0.293. The molecule has 0 saturated heterocycles. The Morgan fingerprint density at radius 3 is 2.41 bits per heavy atom. The SMILES string of the molecule is CN=C(NCCOCC(C)C)NCCc1ccc(F)cc1.I. The highest BCUT2D eigenvalue weighted by molar-refractivity contribution is 14.0. The van der Waals surface area contributed by atoms with E-state index in [1.165, 1.54) is 12.1 Å². The van der Waals surface area contributed by atoms with Gasteiger partial charge in [-0.1, -0.05) is 26.0 Å². The monoisotopic (exact) mass is 423 g/mol. The molecule has 126 valence electrons. The maximum atomic E-state index is 12.8. The molecular formula is C16H27FIN3O. The van der Waals surface area contributed by atoms with Gasteiger partial charge < -0.3 is 15.4 Å². The molecule has 0 aromatic heterocycles. The molecule has 0 heterocycles. The molecule has 0 spiro atoms. The largest absolute Gasteiger partial charge is 0.379 e. The minimum absolute atomic E-state index is 0. The van der Waals surface area contributed by atoms with Crippen LogP contribution in [0.1, 0.15) is 19.4 Å². The summed E-state index contributed by atoms with van der Waals surface area (Å²) >= 11 is 0. The second kappa shape index (κ2) is 12.6. The van der Waals surface area contributed by atoms with Gasteiger partial charge in [0.25, 0.3) is 0 Å². The van der Waals surface area contributed by atoms with Crippen molar-refractivity contribution >= 4 is 29.9 Å². The Hall–Kier alpha value is -0.890. The number of aliphatic imine (C=N–C) groups is 1.